The molecule has 1 aliphatic carbocycles. The molecule has 2 rings (SSSR count). The molecule has 0 bridgehead atoms. The zero-order valence-corrected chi connectivity index (χ0v) is 12.7. The van der Waals surface area contributed by atoms with E-state index in [1.807, 2.05) is 11.9 Å². The largest absolute Gasteiger partial charge is 0.345 e. The van der Waals surface area contributed by atoms with E-state index < -0.39 is 0 Å². The van der Waals surface area contributed by atoms with E-state index in [2.05, 4.69) is 12.2 Å². The summed E-state index contributed by atoms with van der Waals surface area (Å²) >= 11 is 0. The zero-order valence-electron chi connectivity index (χ0n) is 12.7. The maximum atomic E-state index is 12.7. The second-order valence-electron chi connectivity index (χ2n) is 6.55. The van der Waals surface area contributed by atoms with Crippen molar-refractivity contribution in [3.8, 4) is 0 Å². The minimum Gasteiger partial charge on any atom is -0.345 e. The van der Waals surface area contributed by atoms with Gasteiger partial charge in [0.05, 0.1) is 0 Å². The second kappa shape index (κ2) is 6.74. The van der Waals surface area contributed by atoms with Crippen LogP contribution in [0.3, 0.4) is 0 Å². The van der Waals surface area contributed by atoms with Crippen LogP contribution in [0.1, 0.15) is 58.3 Å². The van der Waals surface area contributed by atoms with Crippen molar-refractivity contribution in [2.75, 3.05) is 26.7 Å². The Kier molecular flexibility index (Phi) is 5.26. The first kappa shape index (κ1) is 14.8. The van der Waals surface area contributed by atoms with Crippen LogP contribution in [0.15, 0.2) is 0 Å². The number of amides is 1. The van der Waals surface area contributed by atoms with E-state index in [1.165, 1.54) is 32.1 Å². The fraction of sp³-hybridized carbons (Fsp3) is 0.938. The van der Waals surface area contributed by atoms with Gasteiger partial charge in [-0.3, -0.25) is 4.79 Å². The van der Waals surface area contributed by atoms with E-state index in [1.54, 1.807) is 0 Å². The number of rotatable bonds is 5. The van der Waals surface area contributed by atoms with Gasteiger partial charge in [0.1, 0.15) is 0 Å². The van der Waals surface area contributed by atoms with Crippen molar-refractivity contribution >= 4 is 5.91 Å². The molecule has 110 valence electrons. The average molecular weight is 266 g/mol. The molecule has 2 fully saturated rings. The third-order valence-corrected chi connectivity index (χ3v) is 5.37. The Labute approximate surface area is 118 Å². The van der Waals surface area contributed by atoms with Crippen molar-refractivity contribution in [2.24, 2.45) is 11.3 Å². The Hall–Kier alpha value is -0.570. The van der Waals surface area contributed by atoms with E-state index in [0.717, 1.165) is 44.8 Å². The molecule has 0 radical (unpaired) electrons. The van der Waals surface area contributed by atoms with Crippen LogP contribution < -0.4 is 5.32 Å². The van der Waals surface area contributed by atoms with Crippen LogP contribution in [0.5, 0.6) is 0 Å². The topological polar surface area (TPSA) is 32.3 Å². The highest BCUT2D eigenvalue weighted by Crippen LogP contribution is 2.42. The molecule has 1 amide bonds. The van der Waals surface area contributed by atoms with E-state index in [0.29, 0.717) is 5.91 Å². The van der Waals surface area contributed by atoms with Gasteiger partial charge in [-0.1, -0.05) is 19.8 Å². The van der Waals surface area contributed by atoms with Crippen LogP contribution in [0.2, 0.25) is 0 Å². The van der Waals surface area contributed by atoms with Gasteiger partial charge in [0, 0.05) is 19.0 Å². The van der Waals surface area contributed by atoms with E-state index in [4.69, 9.17) is 0 Å². The van der Waals surface area contributed by atoms with Crippen LogP contribution >= 0.6 is 0 Å². The molecule has 1 saturated carbocycles. The van der Waals surface area contributed by atoms with Crippen LogP contribution in [0.25, 0.3) is 0 Å². The monoisotopic (exact) mass is 266 g/mol. The van der Waals surface area contributed by atoms with Crippen molar-refractivity contribution < 1.29 is 4.79 Å². The molecule has 0 spiro atoms. The molecule has 19 heavy (non-hydrogen) atoms. The first-order chi connectivity index (χ1) is 9.18. The smallest absolute Gasteiger partial charge is 0.228 e. The minimum atomic E-state index is -0.0110. The molecule has 0 aromatic heterocycles. The molecule has 0 unspecified atom stereocenters. The van der Waals surface area contributed by atoms with E-state index in [-0.39, 0.29) is 5.41 Å². The van der Waals surface area contributed by atoms with Gasteiger partial charge in [0.2, 0.25) is 5.91 Å². The zero-order chi connectivity index (χ0) is 13.7. The Morgan fingerprint density at radius 1 is 1.26 bits per heavy atom. The summed E-state index contributed by atoms with van der Waals surface area (Å²) in [7, 11) is 2.01. The predicted molar refractivity (Wildman–Crippen MR) is 79.0 cm³/mol. The van der Waals surface area contributed by atoms with Gasteiger partial charge in [0.15, 0.2) is 0 Å². The number of carbonyl (C=O) groups is 1. The summed E-state index contributed by atoms with van der Waals surface area (Å²) in [5.74, 6) is 1.24. The Morgan fingerprint density at radius 2 is 1.89 bits per heavy atom. The highest BCUT2D eigenvalue weighted by Gasteiger charge is 2.40. The van der Waals surface area contributed by atoms with Gasteiger partial charge in [-0.2, -0.15) is 0 Å². The maximum Gasteiger partial charge on any atom is 0.228 e. The molecular weight excluding hydrogens is 236 g/mol. The summed E-state index contributed by atoms with van der Waals surface area (Å²) in [6, 6.07) is 0. The predicted octanol–water partition coefficient (Wildman–Crippen LogP) is 2.80. The van der Waals surface area contributed by atoms with Gasteiger partial charge in [-0.15, -0.1) is 0 Å². The third-order valence-electron chi connectivity index (χ3n) is 5.37. The van der Waals surface area contributed by atoms with E-state index >= 15 is 0 Å². The number of carbonyl (C=O) groups excluding carboxylic acids is 1. The van der Waals surface area contributed by atoms with Crippen LogP contribution in [0, 0.1) is 11.3 Å². The van der Waals surface area contributed by atoms with Gasteiger partial charge in [-0.05, 0) is 57.5 Å². The summed E-state index contributed by atoms with van der Waals surface area (Å²) < 4.78 is 0. The first-order valence-corrected chi connectivity index (χ1v) is 8.14. The quantitative estimate of drug-likeness (QED) is 0.830. The van der Waals surface area contributed by atoms with Crippen LogP contribution in [-0.4, -0.2) is 37.5 Å². The Morgan fingerprint density at radius 3 is 2.47 bits per heavy atom. The lowest BCUT2D eigenvalue weighted by atomic mass is 9.82. The first-order valence-electron chi connectivity index (χ1n) is 8.14. The SMILES string of the molecule is CCC1(C(=O)N(C)CCC2CCNCC2)CCCC1. The van der Waals surface area contributed by atoms with Crippen LogP contribution in [0.4, 0.5) is 0 Å². The molecule has 0 atom stereocenters. The lowest BCUT2D eigenvalue weighted by Crippen LogP contribution is -2.41. The normalized spacial score (nSPS) is 23.5. The molecule has 1 aliphatic heterocycles. The number of nitrogens with one attached hydrogen (secondary N) is 1. The molecule has 3 nitrogen and oxygen atoms in total. The summed E-state index contributed by atoms with van der Waals surface area (Å²) in [5.41, 5.74) is -0.0110. The molecule has 0 aromatic carbocycles. The third kappa shape index (κ3) is 3.50. The average Bonchev–Trinajstić information content (AvgIpc) is 2.95. The van der Waals surface area contributed by atoms with Gasteiger partial charge >= 0.3 is 0 Å². The second-order valence-corrected chi connectivity index (χ2v) is 6.55. The fourth-order valence-electron chi connectivity index (χ4n) is 3.82. The van der Waals surface area contributed by atoms with Crippen molar-refractivity contribution in [3.05, 3.63) is 0 Å². The fourth-order valence-corrected chi connectivity index (χ4v) is 3.82. The number of hydrogen-bond donors (Lipinski definition) is 1. The van der Waals surface area contributed by atoms with Crippen molar-refractivity contribution in [3.63, 3.8) is 0 Å². The van der Waals surface area contributed by atoms with Crippen molar-refractivity contribution in [2.45, 2.75) is 58.3 Å². The highest BCUT2D eigenvalue weighted by molar-refractivity contribution is 5.82. The minimum absolute atomic E-state index is 0.0110. The standard InChI is InChI=1S/C16H30N2O/c1-3-16(9-4-5-10-16)15(19)18(2)13-8-14-6-11-17-12-7-14/h14,17H,3-13H2,1-2H3. The highest BCUT2D eigenvalue weighted by atomic mass is 16.2. The molecule has 2 aliphatic rings. The van der Waals surface area contributed by atoms with Crippen molar-refractivity contribution in [1.29, 1.82) is 0 Å². The molecule has 1 saturated heterocycles. The maximum absolute atomic E-state index is 12.7. The molecule has 3 heteroatoms. The van der Waals surface area contributed by atoms with Crippen molar-refractivity contribution in [1.82, 2.24) is 10.2 Å². The number of piperidine rings is 1. The molecular formula is C16H30N2O. The summed E-state index contributed by atoms with van der Waals surface area (Å²) in [6.07, 6.45) is 9.46. The number of nitrogens with zero attached hydrogens (tertiary/aromatic N) is 1. The van der Waals surface area contributed by atoms with Gasteiger partial charge in [0.25, 0.3) is 0 Å². The van der Waals surface area contributed by atoms with Gasteiger partial charge < -0.3 is 10.2 Å². The molecule has 1 N–H and O–H groups in total. The van der Waals surface area contributed by atoms with Gasteiger partial charge in [-0.25, -0.2) is 0 Å². The molecule has 0 aromatic rings. The summed E-state index contributed by atoms with van der Waals surface area (Å²) in [6.45, 7) is 5.44. The Balaban J connectivity index is 1.81. The van der Waals surface area contributed by atoms with Crippen LogP contribution in [-0.2, 0) is 4.79 Å². The summed E-state index contributed by atoms with van der Waals surface area (Å²) in [5, 5.41) is 3.40. The molecule has 1 heterocycles. The number of hydrogen-bond acceptors (Lipinski definition) is 2. The lowest BCUT2D eigenvalue weighted by molar-refractivity contribution is -0.141. The Bertz CT molecular complexity index is 291. The lowest BCUT2D eigenvalue weighted by Gasteiger charge is -2.32. The van der Waals surface area contributed by atoms with E-state index in [9.17, 15) is 4.79 Å². The summed E-state index contributed by atoms with van der Waals surface area (Å²) in [4.78, 5) is 14.7.